The van der Waals surface area contributed by atoms with Crippen LogP contribution in [0.3, 0.4) is 0 Å². The first kappa shape index (κ1) is 19.3. The summed E-state index contributed by atoms with van der Waals surface area (Å²) in [6.45, 7) is 3.69. The number of rotatable bonds is 5. The normalized spacial score (nSPS) is 19.6. The number of halogens is 2. The van der Waals surface area contributed by atoms with Crippen molar-refractivity contribution in [2.45, 2.75) is 32.2 Å². The summed E-state index contributed by atoms with van der Waals surface area (Å²) in [5.74, 6) is -2.01. The van der Waals surface area contributed by atoms with Crippen molar-refractivity contribution in [1.82, 2.24) is 14.5 Å². The van der Waals surface area contributed by atoms with Crippen LogP contribution in [0, 0.1) is 11.6 Å². The van der Waals surface area contributed by atoms with E-state index in [1.54, 1.807) is 17.6 Å². The average molecular weight is 406 g/mol. The largest absolute Gasteiger partial charge is 0.480 e. The number of aliphatic carboxylic acids is 1. The number of nitrogens with zero attached hydrogens (tertiary/aromatic N) is 4. The molecule has 1 saturated heterocycles. The molecule has 2 aliphatic heterocycles. The number of carboxylic acid groups (broad SMARTS) is 1. The first-order valence-corrected chi connectivity index (χ1v) is 9.25. The number of carbonyl (C=O) groups is 1. The van der Waals surface area contributed by atoms with Crippen LogP contribution in [-0.4, -0.2) is 57.2 Å². The van der Waals surface area contributed by atoms with Crippen molar-refractivity contribution in [2.24, 2.45) is 0 Å². The maximum atomic E-state index is 13.3. The fourth-order valence-electron chi connectivity index (χ4n) is 3.80. The summed E-state index contributed by atoms with van der Waals surface area (Å²) in [6.07, 6.45) is 0. The predicted molar refractivity (Wildman–Crippen MR) is 99.0 cm³/mol. The lowest BCUT2D eigenvalue weighted by Crippen LogP contribution is -2.55. The van der Waals surface area contributed by atoms with Gasteiger partial charge in [-0.1, -0.05) is 6.07 Å². The molecule has 154 valence electrons. The van der Waals surface area contributed by atoms with Gasteiger partial charge in [-0.2, -0.15) is 4.98 Å². The van der Waals surface area contributed by atoms with E-state index >= 15 is 0 Å². The zero-order chi connectivity index (χ0) is 20.7. The van der Waals surface area contributed by atoms with Crippen LogP contribution in [0.5, 0.6) is 5.88 Å². The Kier molecular flexibility index (Phi) is 4.95. The zero-order valence-corrected chi connectivity index (χ0v) is 15.7. The average Bonchev–Trinajstić information content (AvgIpc) is 3.06. The molecule has 2 aliphatic rings. The Morgan fingerprint density at radius 2 is 2.07 bits per heavy atom. The summed E-state index contributed by atoms with van der Waals surface area (Å²) < 4.78 is 33.4. The maximum absolute atomic E-state index is 13.3. The van der Waals surface area contributed by atoms with E-state index in [2.05, 4.69) is 9.88 Å². The van der Waals surface area contributed by atoms with Crippen molar-refractivity contribution < 1.29 is 23.4 Å². The van der Waals surface area contributed by atoms with Crippen LogP contribution in [0.1, 0.15) is 12.5 Å². The van der Waals surface area contributed by atoms with Crippen LogP contribution in [0.15, 0.2) is 29.1 Å². The smallest absolute Gasteiger partial charge is 0.352 e. The molecule has 0 amide bonds. The van der Waals surface area contributed by atoms with Gasteiger partial charge in [0.15, 0.2) is 11.6 Å². The topological polar surface area (TPSA) is 87.9 Å². The van der Waals surface area contributed by atoms with E-state index in [0.717, 1.165) is 12.1 Å². The van der Waals surface area contributed by atoms with Crippen LogP contribution < -0.4 is 15.3 Å². The van der Waals surface area contributed by atoms with Gasteiger partial charge in [-0.25, -0.2) is 13.6 Å². The van der Waals surface area contributed by atoms with Gasteiger partial charge in [-0.05, 0) is 24.6 Å². The van der Waals surface area contributed by atoms with Gasteiger partial charge >= 0.3 is 11.7 Å². The quantitative estimate of drug-likeness (QED) is 0.795. The zero-order valence-electron chi connectivity index (χ0n) is 15.7. The Morgan fingerprint density at radius 3 is 2.79 bits per heavy atom. The number of hydrogen-bond donors (Lipinski definition) is 1. The number of anilines is 1. The molecule has 2 atom stereocenters. The van der Waals surface area contributed by atoms with Gasteiger partial charge in [-0.15, -0.1) is 0 Å². The second kappa shape index (κ2) is 7.43. The molecule has 2 unspecified atom stereocenters. The molecule has 1 aromatic heterocycles. The molecule has 1 aromatic carbocycles. The Hall–Kier alpha value is -3.01. The summed E-state index contributed by atoms with van der Waals surface area (Å²) in [5.41, 5.74) is -0.0459. The van der Waals surface area contributed by atoms with Crippen LogP contribution in [0.2, 0.25) is 0 Å². The monoisotopic (exact) mass is 406 g/mol. The first-order valence-electron chi connectivity index (χ1n) is 9.25. The third-order valence-corrected chi connectivity index (χ3v) is 5.44. The molecule has 2 aromatic rings. The highest BCUT2D eigenvalue weighted by atomic mass is 19.2. The van der Waals surface area contributed by atoms with E-state index in [9.17, 15) is 23.5 Å². The first-order chi connectivity index (χ1) is 13.8. The predicted octanol–water partition coefficient (Wildman–Crippen LogP) is 1.08. The van der Waals surface area contributed by atoms with Crippen LogP contribution in [-0.2, 0) is 17.9 Å². The summed E-state index contributed by atoms with van der Waals surface area (Å²) in [7, 11) is 0. The van der Waals surface area contributed by atoms with Gasteiger partial charge in [0.2, 0.25) is 5.88 Å². The van der Waals surface area contributed by atoms with E-state index in [0.29, 0.717) is 37.6 Å². The second-order valence-corrected chi connectivity index (χ2v) is 7.24. The number of fused-ring (bicyclic) bond motifs is 3. The molecular weight excluding hydrogens is 386 g/mol. The molecular formula is C19H20F2N4O4. The van der Waals surface area contributed by atoms with Gasteiger partial charge < -0.3 is 14.7 Å². The van der Waals surface area contributed by atoms with Crippen molar-refractivity contribution in [2.75, 3.05) is 24.5 Å². The molecule has 0 bridgehead atoms. The molecule has 8 nitrogen and oxygen atoms in total. The van der Waals surface area contributed by atoms with Crippen molar-refractivity contribution >= 4 is 11.8 Å². The molecule has 0 radical (unpaired) electrons. The summed E-state index contributed by atoms with van der Waals surface area (Å²) in [6, 6.07) is 4.48. The molecule has 1 N–H and O–H groups in total. The van der Waals surface area contributed by atoms with E-state index in [1.165, 1.54) is 6.07 Å². The van der Waals surface area contributed by atoms with Crippen molar-refractivity contribution in [3.05, 3.63) is 51.9 Å². The molecule has 0 saturated carbocycles. The van der Waals surface area contributed by atoms with Gasteiger partial charge in [0.05, 0.1) is 12.6 Å². The number of benzene rings is 1. The summed E-state index contributed by atoms with van der Waals surface area (Å²) in [4.78, 5) is 31.6. The van der Waals surface area contributed by atoms with Crippen LogP contribution in [0.4, 0.5) is 14.6 Å². The minimum Gasteiger partial charge on any atom is -0.480 e. The third-order valence-electron chi connectivity index (χ3n) is 5.44. The Balaban J connectivity index is 1.50. The fourth-order valence-corrected chi connectivity index (χ4v) is 3.80. The third kappa shape index (κ3) is 3.67. The fraction of sp³-hybridized carbons (Fsp3) is 0.421. The van der Waals surface area contributed by atoms with Gasteiger partial charge in [0, 0.05) is 25.7 Å². The van der Waals surface area contributed by atoms with Crippen molar-refractivity contribution in [1.29, 1.82) is 0 Å². The van der Waals surface area contributed by atoms with Gasteiger partial charge in [0.1, 0.15) is 18.5 Å². The van der Waals surface area contributed by atoms with Crippen LogP contribution in [0.25, 0.3) is 0 Å². The Morgan fingerprint density at radius 1 is 1.28 bits per heavy atom. The molecule has 29 heavy (non-hydrogen) atoms. The maximum Gasteiger partial charge on any atom is 0.352 e. The van der Waals surface area contributed by atoms with E-state index in [-0.39, 0.29) is 18.5 Å². The van der Waals surface area contributed by atoms with Crippen molar-refractivity contribution in [3.8, 4) is 5.88 Å². The van der Waals surface area contributed by atoms with E-state index < -0.39 is 29.3 Å². The number of carboxylic acids is 1. The molecule has 10 heteroatoms. The SMILES string of the molecule is CC(C(=O)O)N1CCN2c3cc(OCc4ccc(F)c(F)c4)nc(=O)n3CC2C1. The van der Waals surface area contributed by atoms with Crippen LogP contribution >= 0.6 is 0 Å². The highest BCUT2D eigenvalue weighted by molar-refractivity contribution is 5.73. The number of piperazine rings is 1. The molecule has 0 aliphatic carbocycles. The van der Waals surface area contributed by atoms with E-state index in [4.69, 9.17) is 4.74 Å². The number of ether oxygens (including phenoxy) is 1. The van der Waals surface area contributed by atoms with Gasteiger partial charge in [0.25, 0.3) is 0 Å². The Bertz CT molecular complexity index is 1010. The lowest BCUT2D eigenvalue weighted by molar-refractivity contribution is -0.142. The van der Waals surface area contributed by atoms with E-state index in [1.807, 2.05) is 4.90 Å². The number of hydrogen-bond acceptors (Lipinski definition) is 6. The summed E-state index contributed by atoms with van der Waals surface area (Å²) in [5, 5.41) is 9.23. The molecule has 3 heterocycles. The van der Waals surface area contributed by atoms with Gasteiger partial charge in [-0.3, -0.25) is 14.3 Å². The highest BCUT2D eigenvalue weighted by Gasteiger charge is 2.38. The molecule has 0 spiro atoms. The summed E-state index contributed by atoms with van der Waals surface area (Å²) >= 11 is 0. The van der Waals surface area contributed by atoms with Crippen molar-refractivity contribution in [3.63, 3.8) is 0 Å². The highest BCUT2D eigenvalue weighted by Crippen LogP contribution is 2.29. The molecule has 4 rings (SSSR count). The standard InChI is InChI=1S/C19H20F2N4O4/c1-11(18(26)27)23-4-5-24-13(8-23)9-25-17(24)7-16(22-19(25)28)29-10-12-2-3-14(20)15(21)6-12/h2-3,6-7,11,13H,4-5,8-10H2,1H3,(H,26,27). The number of aromatic nitrogens is 2. The minimum absolute atomic E-state index is 0.0264. The lowest BCUT2D eigenvalue weighted by atomic mass is 10.1. The lowest BCUT2D eigenvalue weighted by Gasteiger charge is -2.39. The molecule has 1 fully saturated rings. The Labute approximate surface area is 164 Å². The second-order valence-electron chi connectivity index (χ2n) is 7.24. The minimum atomic E-state index is -0.968.